The van der Waals surface area contributed by atoms with E-state index < -0.39 is 10.2 Å². The largest absolute Gasteiger partial charge is 0.445 e. The predicted molar refractivity (Wildman–Crippen MR) is 91.9 cm³/mol. The summed E-state index contributed by atoms with van der Waals surface area (Å²) in [4.78, 5) is 4.32. The van der Waals surface area contributed by atoms with E-state index in [1.807, 2.05) is 6.07 Å². The first-order chi connectivity index (χ1) is 11.9. The van der Waals surface area contributed by atoms with Crippen LogP contribution in [0.4, 0.5) is 4.39 Å². The average molecular weight is 367 g/mol. The van der Waals surface area contributed by atoms with Gasteiger partial charge in [-0.2, -0.15) is 17.0 Å². The number of oxazole rings is 1. The molecule has 1 unspecified atom stereocenters. The van der Waals surface area contributed by atoms with Crippen LogP contribution in [0.25, 0.3) is 0 Å². The molecular formula is C17H22FN3O3S. The van der Waals surface area contributed by atoms with E-state index in [1.165, 1.54) is 34.8 Å². The van der Waals surface area contributed by atoms with Gasteiger partial charge in [-0.3, -0.25) is 0 Å². The fraction of sp³-hybridized carbons (Fsp3) is 0.471. The van der Waals surface area contributed by atoms with Crippen LogP contribution >= 0.6 is 0 Å². The van der Waals surface area contributed by atoms with Gasteiger partial charge in [0.05, 0.1) is 6.20 Å². The molecule has 0 amide bonds. The van der Waals surface area contributed by atoms with Crippen molar-refractivity contribution in [3.05, 3.63) is 53.5 Å². The van der Waals surface area contributed by atoms with Gasteiger partial charge in [-0.25, -0.2) is 9.37 Å². The maximum atomic E-state index is 13.3. The zero-order valence-electron chi connectivity index (χ0n) is 14.4. The van der Waals surface area contributed by atoms with Gasteiger partial charge in [0.1, 0.15) is 11.6 Å². The highest BCUT2D eigenvalue weighted by Crippen LogP contribution is 2.29. The quantitative estimate of drug-likeness (QED) is 0.814. The predicted octanol–water partition coefficient (Wildman–Crippen LogP) is 2.39. The van der Waals surface area contributed by atoms with E-state index >= 15 is 0 Å². The summed E-state index contributed by atoms with van der Waals surface area (Å²) in [6.07, 6.45) is 3.69. The van der Waals surface area contributed by atoms with Crippen molar-refractivity contribution in [2.45, 2.75) is 25.2 Å². The molecule has 2 aromatic rings. The minimum Gasteiger partial charge on any atom is -0.445 e. The SMILES string of the molecule is CN(C)S(=O)(=O)N1CCCC(c2ncc(Cc3cccc(F)c3)o2)C1. The third-order valence-corrected chi connectivity index (χ3v) is 6.27. The van der Waals surface area contributed by atoms with Crippen molar-refractivity contribution < 1.29 is 17.2 Å². The van der Waals surface area contributed by atoms with Gasteiger partial charge in [0.2, 0.25) is 0 Å². The van der Waals surface area contributed by atoms with Crippen molar-refractivity contribution in [1.82, 2.24) is 13.6 Å². The summed E-state index contributed by atoms with van der Waals surface area (Å²) in [6, 6.07) is 6.36. The standard InChI is InChI=1S/C17H22FN3O3S/c1-20(2)25(22,23)21-8-4-6-14(12-21)17-19-11-16(24-17)10-13-5-3-7-15(18)9-13/h3,5,7,9,11,14H,4,6,8,10,12H2,1-2H3. The van der Waals surface area contributed by atoms with Gasteiger partial charge in [0.15, 0.2) is 5.89 Å². The molecule has 1 aliphatic heterocycles. The molecule has 0 spiro atoms. The Morgan fingerprint density at radius 2 is 2.20 bits per heavy atom. The number of aromatic nitrogens is 1. The molecule has 25 heavy (non-hydrogen) atoms. The fourth-order valence-electron chi connectivity index (χ4n) is 3.03. The lowest BCUT2D eigenvalue weighted by molar-refractivity contribution is 0.270. The second-order valence-corrected chi connectivity index (χ2v) is 8.60. The third kappa shape index (κ3) is 4.08. The third-order valence-electron chi connectivity index (χ3n) is 4.36. The number of benzene rings is 1. The van der Waals surface area contributed by atoms with E-state index in [-0.39, 0.29) is 11.7 Å². The van der Waals surface area contributed by atoms with Crippen molar-refractivity contribution >= 4 is 10.2 Å². The molecule has 1 atom stereocenters. The summed E-state index contributed by atoms with van der Waals surface area (Å²) in [5.41, 5.74) is 0.808. The summed E-state index contributed by atoms with van der Waals surface area (Å²) in [5, 5.41) is 0. The Bertz CT molecular complexity index is 835. The summed E-state index contributed by atoms with van der Waals surface area (Å²) < 4.78 is 46.4. The zero-order valence-corrected chi connectivity index (χ0v) is 15.2. The molecule has 0 N–H and O–H groups in total. The Hall–Kier alpha value is -1.77. The molecule has 1 aliphatic rings. The van der Waals surface area contributed by atoms with Crippen molar-refractivity contribution in [1.29, 1.82) is 0 Å². The highest BCUT2D eigenvalue weighted by atomic mass is 32.2. The van der Waals surface area contributed by atoms with E-state index in [0.29, 0.717) is 31.2 Å². The first-order valence-corrected chi connectivity index (χ1v) is 9.62. The van der Waals surface area contributed by atoms with Crippen molar-refractivity contribution in [3.63, 3.8) is 0 Å². The van der Waals surface area contributed by atoms with Crippen LogP contribution < -0.4 is 0 Å². The van der Waals surface area contributed by atoms with E-state index in [4.69, 9.17) is 4.42 Å². The highest BCUT2D eigenvalue weighted by Gasteiger charge is 2.33. The van der Waals surface area contributed by atoms with Gasteiger partial charge in [-0.1, -0.05) is 12.1 Å². The number of hydrogen-bond donors (Lipinski definition) is 0. The van der Waals surface area contributed by atoms with E-state index in [0.717, 1.165) is 18.4 Å². The van der Waals surface area contributed by atoms with Crippen molar-refractivity contribution in [3.8, 4) is 0 Å². The van der Waals surface area contributed by atoms with Crippen LogP contribution in [0.2, 0.25) is 0 Å². The number of rotatable bonds is 5. The summed E-state index contributed by atoms with van der Waals surface area (Å²) in [6.45, 7) is 0.869. The normalized spacial score (nSPS) is 19.4. The van der Waals surface area contributed by atoms with Crippen LogP contribution in [-0.4, -0.2) is 49.2 Å². The molecule has 136 valence electrons. The molecule has 1 fully saturated rings. The molecule has 3 rings (SSSR count). The molecule has 1 aromatic heterocycles. The first-order valence-electron chi connectivity index (χ1n) is 8.23. The lowest BCUT2D eigenvalue weighted by atomic mass is 10.00. The Kier molecular flexibility index (Phi) is 5.21. The number of hydrogen-bond acceptors (Lipinski definition) is 4. The minimum atomic E-state index is -3.43. The molecular weight excluding hydrogens is 345 g/mol. The van der Waals surface area contributed by atoms with Crippen LogP contribution in [-0.2, 0) is 16.6 Å². The van der Waals surface area contributed by atoms with Crippen molar-refractivity contribution in [2.24, 2.45) is 0 Å². The smallest absolute Gasteiger partial charge is 0.281 e. The molecule has 0 saturated carbocycles. The Morgan fingerprint density at radius 3 is 2.92 bits per heavy atom. The Balaban J connectivity index is 1.71. The minimum absolute atomic E-state index is 0.0651. The summed E-state index contributed by atoms with van der Waals surface area (Å²) in [5.74, 6) is 0.844. The second kappa shape index (κ2) is 7.23. The highest BCUT2D eigenvalue weighted by molar-refractivity contribution is 7.86. The van der Waals surface area contributed by atoms with Crippen LogP contribution in [0.1, 0.15) is 36.0 Å². The number of halogens is 1. The zero-order chi connectivity index (χ0) is 18.0. The molecule has 0 aliphatic carbocycles. The fourth-order valence-corrected chi connectivity index (χ4v) is 4.22. The molecule has 2 heterocycles. The van der Waals surface area contributed by atoms with Gasteiger partial charge in [0, 0.05) is 39.5 Å². The van der Waals surface area contributed by atoms with Gasteiger partial charge in [0.25, 0.3) is 10.2 Å². The van der Waals surface area contributed by atoms with E-state index in [1.54, 1.807) is 12.3 Å². The summed E-state index contributed by atoms with van der Waals surface area (Å²) in [7, 11) is -0.374. The molecule has 0 radical (unpaired) electrons. The van der Waals surface area contributed by atoms with Crippen LogP contribution in [0.15, 0.2) is 34.9 Å². The lowest BCUT2D eigenvalue weighted by Gasteiger charge is -2.32. The monoisotopic (exact) mass is 367 g/mol. The van der Waals surface area contributed by atoms with Gasteiger partial charge in [-0.15, -0.1) is 0 Å². The van der Waals surface area contributed by atoms with E-state index in [9.17, 15) is 12.8 Å². The second-order valence-electron chi connectivity index (χ2n) is 6.46. The van der Waals surface area contributed by atoms with Gasteiger partial charge in [-0.05, 0) is 30.5 Å². The maximum absolute atomic E-state index is 13.3. The molecule has 0 bridgehead atoms. The molecule has 1 aromatic carbocycles. The summed E-state index contributed by atoms with van der Waals surface area (Å²) >= 11 is 0. The van der Waals surface area contributed by atoms with Crippen LogP contribution in [0.3, 0.4) is 0 Å². The van der Waals surface area contributed by atoms with Gasteiger partial charge >= 0.3 is 0 Å². The van der Waals surface area contributed by atoms with E-state index in [2.05, 4.69) is 4.98 Å². The molecule has 6 nitrogen and oxygen atoms in total. The number of piperidine rings is 1. The maximum Gasteiger partial charge on any atom is 0.281 e. The lowest BCUT2D eigenvalue weighted by Crippen LogP contribution is -2.44. The average Bonchev–Trinajstić information content (AvgIpc) is 3.03. The molecule has 1 saturated heterocycles. The molecule has 8 heteroatoms. The topological polar surface area (TPSA) is 66.7 Å². The van der Waals surface area contributed by atoms with Gasteiger partial charge < -0.3 is 4.42 Å². The Morgan fingerprint density at radius 1 is 1.40 bits per heavy atom. The number of nitrogens with zero attached hydrogens (tertiary/aromatic N) is 3. The van der Waals surface area contributed by atoms with Crippen LogP contribution in [0, 0.1) is 5.82 Å². The van der Waals surface area contributed by atoms with Crippen molar-refractivity contribution in [2.75, 3.05) is 27.2 Å². The van der Waals surface area contributed by atoms with Crippen LogP contribution in [0.5, 0.6) is 0 Å². The Labute approximate surface area is 147 Å². The first kappa shape index (κ1) is 18.0.